The molecule has 0 heterocycles. The lowest BCUT2D eigenvalue weighted by Gasteiger charge is -2.10. The number of esters is 2. The number of ether oxygens (including phenoxy) is 2. The summed E-state index contributed by atoms with van der Waals surface area (Å²) < 4.78 is 10.4. The van der Waals surface area contributed by atoms with Gasteiger partial charge < -0.3 is 19.7 Å². The molecule has 2 N–H and O–H groups in total. The van der Waals surface area contributed by atoms with E-state index >= 15 is 0 Å². The number of aromatic hydroxyl groups is 1. The predicted molar refractivity (Wildman–Crippen MR) is 98.8 cm³/mol. The Hall–Kier alpha value is -3.64. The van der Waals surface area contributed by atoms with Gasteiger partial charge in [-0.3, -0.25) is 0 Å². The molecule has 0 aromatic heterocycles. The summed E-state index contributed by atoms with van der Waals surface area (Å²) in [5.74, 6) is -0.633. The largest absolute Gasteiger partial charge is 0.508 e. The van der Waals surface area contributed by atoms with Crippen LogP contribution in [0.15, 0.2) is 67.3 Å². The van der Waals surface area contributed by atoms with Gasteiger partial charge in [-0.15, -0.1) is 0 Å². The summed E-state index contributed by atoms with van der Waals surface area (Å²) in [5, 5.41) is 20.3. The number of benzene rings is 3. The number of phenols is 1. The molecule has 6 nitrogen and oxygen atoms in total. The zero-order valence-corrected chi connectivity index (χ0v) is 14.2. The first kappa shape index (κ1) is 18.2. The number of fused-ring (bicyclic) bond motifs is 1. The molecule has 3 aromatic rings. The number of aliphatic hydroxyl groups is 1. The van der Waals surface area contributed by atoms with Gasteiger partial charge >= 0.3 is 11.9 Å². The van der Waals surface area contributed by atoms with E-state index in [2.05, 4.69) is 6.58 Å². The molecule has 0 atom stereocenters. The molecule has 136 valence electrons. The van der Waals surface area contributed by atoms with Gasteiger partial charge in [0.25, 0.3) is 0 Å². The zero-order chi connectivity index (χ0) is 19.4. The van der Waals surface area contributed by atoms with Crippen LogP contribution in [0.5, 0.6) is 17.2 Å². The molecule has 3 rings (SSSR count). The van der Waals surface area contributed by atoms with Crippen LogP contribution in [-0.2, 0) is 11.4 Å². The molecule has 6 heteroatoms. The van der Waals surface area contributed by atoms with Crippen molar-refractivity contribution in [3.8, 4) is 17.2 Å². The Morgan fingerprint density at radius 1 is 0.963 bits per heavy atom. The maximum absolute atomic E-state index is 12.4. The molecule has 3 aromatic carbocycles. The maximum Gasteiger partial charge on any atom is 0.343 e. The van der Waals surface area contributed by atoms with Crippen LogP contribution in [0.4, 0.5) is 0 Å². The third-order valence-electron chi connectivity index (χ3n) is 3.85. The topological polar surface area (TPSA) is 93.1 Å². The lowest BCUT2D eigenvalue weighted by molar-refractivity contribution is -0.128. The van der Waals surface area contributed by atoms with E-state index in [0.29, 0.717) is 16.9 Å². The second-order valence-electron chi connectivity index (χ2n) is 5.69. The fourth-order valence-corrected chi connectivity index (χ4v) is 2.52. The molecule has 0 amide bonds. The second-order valence-corrected chi connectivity index (χ2v) is 5.69. The number of carbonyl (C=O) groups is 2. The van der Waals surface area contributed by atoms with Crippen molar-refractivity contribution in [1.82, 2.24) is 0 Å². The normalized spacial score (nSPS) is 10.4. The fourth-order valence-electron chi connectivity index (χ4n) is 2.52. The number of phenolic OH excluding ortho intramolecular Hbond substituents is 1. The van der Waals surface area contributed by atoms with Crippen molar-refractivity contribution in [3.63, 3.8) is 0 Å². The molecular formula is C21H16O6. The highest BCUT2D eigenvalue weighted by molar-refractivity contribution is 5.97. The minimum absolute atomic E-state index is 0.0301. The van der Waals surface area contributed by atoms with Gasteiger partial charge in [-0.2, -0.15) is 0 Å². The summed E-state index contributed by atoms with van der Waals surface area (Å²) in [6.45, 7) is 2.97. The quantitative estimate of drug-likeness (QED) is 0.410. The molecule has 0 spiro atoms. The molecule has 0 unspecified atom stereocenters. The molecule has 0 aliphatic carbocycles. The molecular weight excluding hydrogens is 348 g/mol. The van der Waals surface area contributed by atoms with E-state index in [1.54, 1.807) is 36.4 Å². The molecule has 0 saturated heterocycles. The lowest BCUT2D eigenvalue weighted by Crippen LogP contribution is -2.10. The van der Waals surface area contributed by atoms with Gasteiger partial charge in [-0.25, -0.2) is 9.59 Å². The van der Waals surface area contributed by atoms with E-state index in [1.165, 1.54) is 18.2 Å². The van der Waals surface area contributed by atoms with Gasteiger partial charge in [0.1, 0.15) is 17.2 Å². The highest BCUT2D eigenvalue weighted by atomic mass is 16.5. The summed E-state index contributed by atoms with van der Waals surface area (Å²) >= 11 is 0. The number of carbonyl (C=O) groups excluding carboxylic acids is 2. The predicted octanol–water partition coefficient (Wildman–Crippen LogP) is 3.35. The number of hydrogen-bond donors (Lipinski definition) is 2. The van der Waals surface area contributed by atoms with E-state index < -0.39 is 11.9 Å². The molecule has 0 aliphatic rings. The van der Waals surface area contributed by atoms with Crippen molar-refractivity contribution < 1.29 is 29.3 Å². The number of aliphatic hydroxyl groups excluding tert-OH is 1. The first-order valence-corrected chi connectivity index (χ1v) is 8.03. The fraction of sp³-hybridized carbons (Fsp3) is 0.0476. The minimum atomic E-state index is -0.598. The molecule has 0 aliphatic heterocycles. The Kier molecular flexibility index (Phi) is 5.19. The zero-order valence-electron chi connectivity index (χ0n) is 14.2. The van der Waals surface area contributed by atoms with Crippen LogP contribution < -0.4 is 9.47 Å². The first-order valence-electron chi connectivity index (χ1n) is 8.03. The summed E-state index contributed by atoms with van der Waals surface area (Å²) in [4.78, 5) is 23.7. The van der Waals surface area contributed by atoms with E-state index in [0.717, 1.165) is 16.8 Å². The maximum atomic E-state index is 12.4. The summed E-state index contributed by atoms with van der Waals surface area (Å²) in [6.07, 6.45) is 1.08. The minimum Gasteiger partial charge on any atom is -0.508 e. The van der Waals surface area contributed by atoms with Crippen molar-refractivity contribution in [2.24, 2.45) is 0 Å². The van der Waals surface area contributed by atoms with Crippen molar-refractivity contribution in [2.45, 2.75) is 6.61 Å². The number of hydrogen-bond acceptors (Lipinski definition) is 6. The van der Waals surface area contributed by atoms with Crippen molar-refractivity contribution in [3.05, 3.63) is 78.4 Å². The Morgan fingerprint density at radius 3 is 2.44 bits per heavy atom. The first-order chi connectivity index (χ1) is 13.0. The Labute approximate surface area is 154 Å². The van der Waals surface area contributed by atoms with Crippen LogP contribution in [0.2, 0.25) is 0 Å². The standard InChI is InChI=1S/C21H16O6/c1-2-20(24)26-18-7-5-13-9-15(4-3-14(13)11-18)21(25)27-19-8-6-17(23)10-16(19)12-22/h2-11,22-23H,1,12H2. The molecule has 0 radical (unpaired) electrons. The Morgan fingerprint density at radius 2 is 1.70 bits per heavy atom. The van der Waals surface area contributed by atoms with Crippen LogP contribution in [0, 0.1) is 0 Å². The highest BCUT2D eigenvalue weighted by Crippen LogP contribution is 2.26. The molecule has 0 saturated carbocycles. The van der Waals surface area contributed by atoms with Crippen molar-refractivity contribution in [1.29, 1.82) is 0 Å². The Balaban J connectivity index is 1.84. The summed E-state index contributed by atoms with van der Waals surface area (Å²) in [6, 6.07) is 14.1. The third kappa shape index (κ3) is 4.13. The summed E-state index contributed by atoms with van der Waals surface area (Å²) in [5.41, 5.74) is 0.619. The van der Waals surface area contributed by atoms with Crippen LogP contribution in [0.3, 0.4) is 0 Å². The third-order valence-corrected chi connectivity index (χ3v) is 3.85. The van der Waals surface area contributed by atoms with Crippen molar-refractivity contribution >= 4 is 22.7 Å². The average Bonchev–Trinajstić information content (AvgIpc) is 2.68. The smallest absolute Gasteiger partial charge is 0.343 e. The Bertz CT molecular complexity index is 1040. The van der Waals surface area contributed by atoms with Gasteiger partial charge in [0.05, 0.1) is 12.2 Å². The van der Waals surface area contributed by atoms with E-state index in [-0.39, 0.29) is 18.1 Å². The van der Waals surface area contributed by atoms with Crippen LogP contribution in [-0.4, -0.2) is 22.2 Å². The number of rotatable bonds is 5. The van der Waals surface area contributed by atoms with Gasteiger partial charge in [-0.05, 0) is 53.2 Å². The van der Waals surface area contributed by atoms with Crippen LogP contribution in [0.1, 0.15) is 15.9 Å². The van der Waals surface area contributed by atoms with Gasteiger partial charge in [0, 0.05) is 11.6 Å². The van der Waals surface area contributed by atoms with Gasteiger partial charge in [0.2, 0.25) is 0 Å². The van der Waals surface area contributed by atoms with E-state index in [4.69, 9.17) is 9.47 Å². The average molecular weight is 364 g/mol. The van der Waals surface area contributed by atoms with Crippen LogP contribution >= 0.6 is 0 Å². The highest BCUT2D eigenvalue weighted by Gasteiger charge is 2.13. The molecule has 0 bridgehead atoms. The van der Waals surface area contributed by atoms with Crippen molar-refractivity contribution in [2.75, 3.05) is 0 Å². The van der Waals surface area contributed by atoms with E-state index in [1.807, 2.05) is 0 Å². The lowest BCUT2D eigenvalue weighted by atomic mass is 10.1. The monoisotopic (exact) mass is 364 g/mol. The molecule has 27 heavy (non-hydrogen) atoms. The van der Waals surface area contributed by atoms with Gasteiger partial charge in [-0.1, -0.05) is 18.7 Å². The van der Waals surface area contributed by atoms with E-state index in [9.17, 15) is 19.8 Å². The van der Waals surface area contributed by atoms with Crippen LogP contribution in [0.25, 0.3) is 10.8 Å². The molecule has 0 fully saturated rings. The summed E-state index contributed by atoms with van der Waals surface area (Å²) in [7, 11) is 0. The second kappa shape index (κ2) is 7.72. The SMILES string of the molecule is C=CC(=O)Oc1ccc2cc(C(=O)Oc3ccc(O)cc3CO)ccc2c1. The van der Waals surface area contributed by atoms with Gasteiger partial charge in [0.15, 0.2) is 0 Å².